The minimum absolute atomic E-state index is 0.0870. The highest BCUT2D eigenvalue weighted by atomic mass is 79.9. The number of furan rings is 2. The monoisotopic (exact) mass is 498 g/mol. The summed E-state index contributed by atoms with van der Waals surface area (Å²) < 4.78 is 17.6. The summed E-state index contributed by atoms with van der Waals surface area (Å²) in [5.41, 5.74) is 1.48. The molecule has 31 heavy (non-hydrogen) atoms. The molecular formula is C21H15BrN4O4S. The average molecular weight is 499 g/mol. The number of halogens is 1. The van der Waals surface area contributed by atoms with Crippen molar-refractivity contribution in [2.45, 2.75) is 17.7 Å². The lowest BCUT2D eigenvalue weighted by atomic mass is 10.1. The minimum Gasteiger partial charge on any atom is -0.467 e. The number of aromatic nitrogens is 2. The SMILES string of the molecule is O=C(CSc1nnc(-c2ccccc2Br)o1)N1N=C(c2ccco2)CC1c1ccco1. The third-order valence-electron chi connectivity index (χ3n) is 4.67. The Labute approximate surface area is 189 Å². The van der Waals surface area contributed by atoms with Crippen molar-refractivity contribution in [3.63, 3.8) is 0 Å². The number of thioether (sulfide) groups is 1. The molecule has 1 aliphatic heterocycles. The zero-order chi connectivity index (χ0) is 21.2. The van der Waals surface area contributed by atoms with Gasteiger partial charge in [0.2, 0.25) is 5.89 Å². The maximum atomic E-state index is 13.0. The van der Waals surface area contributed by atoms with Crippen LogP contribution in [0.25, 0.3) is 11.5 Å². The number of hydrazone groups is 1. The van der Waals surface area contributed by atoms with Crippen molar-refractivity contribution >= 4 is 39.3 Å². The van der Waals surface area contributed by atoms with Crippen LogP contribution in [0.15, 0.2) is 89.1 Å². The molecule has 1 unspecified atom stereocenters. The van der Waals surface area contributed by atoms with Crippen LogP contribution in [0.3, 0.4) is 0 Å². The van der Waals surface area contributed by atoms with Gasteiger partial charge < -0.3 is 13.3 Å². The number of amides is 1. The second-order valence-electron chi connectivity index (χ2n) is 6.64. The predicted molar refractivity (Wildman–Crippen MR) is 116 cm³/mol. The predicted octanol–water partition coefficient (Wildman–Crippen LogP) is 5.16. The van der Waals surface area contributed by atoms with Crippen LogP contribution >= 0.6 is 27.7 Å². The molecule has 4 heterocycles. The molecule has 0 saturated carbocycles. The molecule has 0 saturated heterocycles. The van der Waals surface area contributed by atoms with E-state index in [9.17, 15) is 4.79 Å². The molecule has 0 spiro atoms. The summed E-state index contributed by atoms with van der Waals surface area (Å²) in [6.45, 7) is 0. The molecule has 0 radical (unpaired) electrons. The lowest BCUT2D eigenvalue weighted by molar-refractivity contribution is -0.130. The van der Waals surface area contributed by atoms with Crippen molar-refractivity contribution in [2.75, 3.05) is 5.75 Å². The number of nitrogens with zero attached hydrogens (tertiary/aromatic N) is 4. The second kappa shape index (κ2) is 8.56. The molecule has 4 aromatic rings. The normalized spacial score (nSPS) is 16.0. The van der Waals surface area contributed by atoms with Crippen molar-refractivity contribution in [2.24, 2.45) is 5.10 Å². The van der Waals surface area contributed by atoms with Gasteiger partial charge in [-0.15, -0.1) is 10.2 Å². The summed E-state index contributed by atoms with van der Waals surface area (Å²) in [6.07, 6.45) is 3.67. The first kappa shape index (κ1) is 19.8. The molecule has 5 rings (SSSR count). The number of hydrogen-bond acceptors (Lipinski definition) is 8. The average Bonchev–Trinajstić information content (AvgIpc) is 3.57. The maximum Gasteiger partial charge on any atom is 0.277 e. The molecule has 1 atom stereocenters. The first-order chi connectivity index (χ1) is 15.2. The summed E-state index contributed by atoms with van der Waals surface area (Å²) >= 11 is 4.63. The number of benzene rings is 1. The highest BCUT2D eigenvalue weighted by molar-refractivity contribution is 9.10. The molecule has 8 nitrogen and oxygen atoms in total. The van der Waals surface area contributed by atoms with E-state index >= 15 is 0 Å². The Morgan fingerprint density at radius 1 is 1.10 bits per heavy atom. The van der Waals surface area contributed by atoms with Crippen LogP contribution in [0, 0.1) is 0 Å². The van der Waals surface area contributed by atoms with Gasteiger partial charge in [-0.3, -0.25) is 4.79 Å². The van der Waals surface area contributed by atoms with Gasteiger partial charge in [0.25, 0.3) is 11.1 Å². The number of rotatable bonds is 6. The van der Waals surface area contributed by atoms with Gasteiger partial charge in [-0.05, 0) is 52.3 Å². The summed E-state index contributed by atoms with van der Waals surface area (Å²) in [5.74, 6) is 1.57. The van der Waals surface area contributed by atoms with E-state index in [0.717, 1.165) is 21.8 Å². The molecule has 3 aromatic heterocycles. The van der Waals surface area contributed by atoms with Crippen LogP contribution in [0.4, 0.5) is 0 Å². The van der Waals surface area contributed by atoms with E-state index in [2.05, 4.69) is 31.2 Å². The fraction of sp³-hybridized carbons (Fsp3) is 0.143. The Morgan fingerprint density at radius 2 is 1.94 bits per heavy atom. The van der Waals surface area contributed by atoms with Crippen LogP contribution in [0.2, 0.25) is 0 Å². The number of carbonyl (C=O) groups is 1. The largest absolute Gasteiger partial charge is 0.467 e. The zero-order valence-electron chi connectivity index (χ0n) is 16.0. The van der Waals surface area contributed by atoms with E-state index in [1.807, 2.05) is 36.4 Å². The molecule has 0 bridgehead atoms. The van der Waals surface area contributed by atoms with Gasteiger partial charge in [0.05, 0.1) is 23.8 Å². The quantitative estimate of drug-likeness (QED) is 0.338. The molecule has 1 amide bonds. The van der Waals surface area contributed by atoms with Crippen LogP contribution in [-0.2, 0) is 4.79 Å². The summed E-state index contributed by atoms with van der Waals surface area (Å²) in [4.78, 5) is 13.0. The van der Waals surface area contributed by atoms with Gasteiger partial charge in [-0.2, -0.15) is 5.10 Å². The first-order valence-corrected chi connectivity index (χ1v) is 11.1. The van der Waals surface area contributed by atoms with Crippen molar-refractivity contribution in [3.05, 3.63) is 77.1 Å². The van der Waals surface area contributed by atoms with Crippen LogP contribution in [0.1, 0.15) is 24.0 Å². The lowest BCUT2D eigenvalue weighted by Gasteiger charge is -2.19. The van der Waals surface area contributed by atoms with E-state index in [1.165, 1.54) is 5.01 Å². The van der Waals surface area contributed by atoms with Crippen molar-refractivity contribution in [3.8, 4) is 11.5 Å². The molecule has 10 heteroatoms. The van der Waals surface area contributed by atoms with Gasteiger partial charge in [-0.1, -0.05) is 23.9 Å². The number of carbonyl (C=O) groups excluding carboxylic acids is 1. The maximum absolute atomic E-state index is 13.0. The van der Waals surface area contributed by atoms with E-state index in [4.69, 9.17) is 13.3 Å². The molecule has 1 aliphatic rings. The smallest absolute Gasteiger partial charge is 0.277 e. The van der Waals surface area contributed by atoms with E-state index in [0.29, 0.717) is 34.8 Å². The van der Waals surface area contributed by atoms with Crippen molar-refractivity contribution < 1.29 is 18.0 Å². The van der Waals surface area contributed by atoms with Gasteiger partial charge in [0.15, 0.2) is 0 Å². The summed E-state index contributed by atoms with van der Waals surface area (Å²) in [7, 11) is 0. The minimum atomic E-state index is -0.332. The van der Waals surface area contributed by atoms with Gasteiger partial charge in [0, 0.05) is 10.9 Å². The Balaban J connectivity index is 1.31. The summed E-state index contributed by atoms with van der Waals surface area (Å²) in [6, 6.07) is 14.5. The Bertz CT molecular complexity index is 1220. The highest BCUT2D eigenvalue weighted by Gasteiger charge is 2.35. The Hall–Kier alpha value is -3.11. The lowest BCUT2D eigenvalue weighted by Crippen LogP contribution is -2.28. The van der Waals surface area contributed by atoms with E-state index in [1.54, 1.807) is 24.7 Å². The van der Waals surface area contributed by atoms with Gasteiger partial charge in [0.1, 0.15) is 23.3 Å². The topological polar surface area (TPSA) is 97.9 Å². The highest BCUT2D eigenvalue weighted by Crippen LogP contribution is 2.34. The van der Waals surface area contributed by atoms with Crippen molar-refractivity contribution in [1.29, 1.82) is 0 Å². The van der Waals surface area contributed by atoms with Gasteiger partial charge >= 0.3 is 0 Å². The summed E-state index contributed by atoms with van der Waals surface area (Å²) in [5, 5.41) is 14.4. The Kier molecular flexibility index (Phi) is 5.47. The second-order valence-corrected chi connectivity index (χ2v) is 8.42. The molecule has 0 fully saturated rings. The molecular weight excluding hydrogens is 484 g/mol. The van der Waals surface area contributed by atoms with Crippen LogP contribution in [-0.4, -0.2) is 32.6 Å². The van der Waals surface area contributed by atoms with E-state index < -0.39 is 0 Å². The van der Waals surface area contributed by atoms with Gasteiger partial charge in [-0.25, -0.2) is 5.01 Å². The fourth-order valence-corrected chi connectivity index (χ4v) is 4.31. The standard InChI is InChI=1S/C21H15BrN4O4S/c22-14-6-2-1-5-13(14)20-23-24-21(30-20)31-12-19(27)26-16(18-8-4-10-29-18)11-15(25-26)17-7-3-9-28-17/h1-10,16H,11-12H2. The molecule has 1 aromatic carbocycles. The van der Waals surface area contributed by atoms with Crippen LogP contribution in [0.5, 0.6) is 0 Å². The molecule has 156 valence electrons. The fourth-order valence-electron chi connectivity index (χ4n) is 3.24. The first-order valence-electron chi connectivity index (χ1n) is 9.37. The van der Waals surface area contributed by atoms with Crippen LogP contribution < -0.4 is 0 Å². The van der Waals surface area contributed by atoms with E-state index in [-0.39, 0.29) is 17.7 Å². The Morgan fingerprint density at radius 3 is 2.71 bits per heavy atom. The molecule has 0 aliphatic carbocycles. The third kappa shape index (κ3) is 4.08. The third-order valence-corrected chi connectivity index (χ3v) is 6.17. The molecule has 0 N–H and O–H groups in total. The number of hydrogen-bond donors (Lipinski definition) is 0. The van der Waals surface area contributed by atoms with Crippen molar-refractivity contribution in [1.82, 2.24) is 15.2 Å². The zero-order valence-corrected chi connectivity index (χ0v) is 18.4.